The molecule has 1 unspecified atom stereocenters. The Hall–Kier alpha value is -2.13. The second kappa shape index (κ2) is 7.60. The Morgan fingerprint density at radius 1 is 1.10 bits per heavy atom. The summed E-state index contributed by atoms with van der Waals surface area (Å²) in [7, 11) is 0. The molecule has 0 heterocycles. The number of rotatable bonds is 6. The number of nitrogens with one attached hydrogen (secondary N) is 1. The van der Waals surface area contributed by atoms with Gasteiger partial charge in [0.25, 0.3) is 0 Å². The van der Waals surface area contributed by atoms with Gasteiger partial charge in [0.05, 0.1) is 0 Å². The van der Waals surface area contributed by atoms with Crippen LogP contribution in [0.15, 0.2) is 54.6 Å². The molecule has 1 atom stereocenters. The number of amides is 1. The van der Waals surface area contributed by atoms with Gasteiger partial charge in [-0.15, -0.1) is 0 Å². The van der Waals surface area contributed by atoms with Crippen LogP contribution in [0.1, 0.15) is 36.9 Å². The third kappa shape index (κ3) is 4.43. The Morgan fingerprint density at radius 2 is 1.76 bits per heavy atom. The fourth-order valence-electron chi connectivity index (χ4n) is 2.17. The first-order valence-corrected chi connectivity index (χ1v) is 7.41. The summed E-state index contributed by atoms with van der Waals surface area (Å²) in [5.74, 6) is -0.192. The van der Waals surface area contributed by atoms with Crippen LogP contribution in [-0.4, -0.2) is 5.91 Å². The van der Waals surface area contributed by atoms with Crippen molar-refractivity contribution in [1.29, 1.82) is 0 Å². The zero-order valence-corrected chi connectivity index (χ0v) is 12.4. The van der Waals surface area contributed by atoms with Gasteiger partial charge in [-0.3, -0.25) is 4.79 Å². The summed E-state index contributed by atoms with van der Waals surface area (Å²) in [6.45, 7) is 2.18. The molecule has 2 aromatic rings. The Morgan fingerprint density at radius 3 is 2.38 bits per heavy atom. The maximum absolute atomic E-state index is 12.1. The molecule has 0 saturated heterocycles. The van der Waals surface area contributed by atoms with Crippen molar-refractivity contribution in [3.05, 3.63) is 65.7 Å². The first-order chi connectivity index (χ1) is 10.2. The molecule has 3 nitrogen and oxygen atoms in total. The van der Waals surface area contributed by atoms with Gasteiger partial charge in [0.2, 0.25) is 5.91 Å². The number of nitrogens with two attached hydrogens (primary N) is 1. The summed E-state index contributed by atoms with van der Waals surface area (Å²) in [5, 5.41) is 2.86. The predicted molar refractivity (Wildman–Crippen MR) is 87.1 cm³/mol. The average molecular weight is 282 g/mol. The number of carbonyl (C=O) groups excluding carboxylic acids is 1. The maximum Gasteiger partial charge on any atom is 0.245 e. The van der Waals surface area contributed by atoms with Crippen LogP contribution in [0.2, 0.25) is 0 Å². The van der Waals surface area contributed by atoms with Crippen molar-refractivity contribution < 1.29 is 4.79 Å². The summed E-state index contributed by atoms with van der Waals surface area (Å²) in [4.78, 5) is 12.1. The topological polar surface area (TPSA) is 55.1 Å². The fourth-order valence-corrected chi connectivity index (χ4v) is 2.17. The van der Waals surface area contributed by atoms with Crippen LogP contribution < -0.4 is 11.1 Å². The Balaban J connectivity index is 1.96. The van der Waals surface area contributed by atoms with Crippen molar-refractivity contribution in [2.45, 2.75) is 32.2 Å². The first kappa shape index (κ1) is 15.3. The molecule has 110 valence electrons. The quantitative estimate of drug-likeness (QED) is 0.849. The highest BCUT2D eigenvalue weighted by molar-refractivity contribution is 5.95. The Bertz CT molecular complexity index is 564. The molecule has 3 N–H and O–H groups in total. The van der Waals surface area contributed by atoms with E-state index in [0.717, 1.165) is 17.7 Å². The van der Waals surface area contributed by atoms with E-state index in [1.807, 2.05) is 42.5 Å². The van der Waals surface area contributed by atoms with Crippen molar-refractivity contribution >= 4 is 11.6 Å². The van der Waals surface area contributed by atoms with Crippen LogP contribution in [0.3, 0.4) is 0 Å². The lowest BCUT2D eigenvalue weighted by Gasteiger charge is -2.13. The molecule has 0 aliphatic heterocycles. The van der Waals surface area contributed by atoms with Crippen molar-refractivity contribution in [1.82, 2.24) is 0 Å². The van der Waals surface area contributed by atoms with Crippen LogP contribution in [0, 0.1) is 0 Å². The SMILES string of the molecule is CCCCc1ccc(NC(=O)C(N)c2ccccc2)cc1. The van der Waals surface area contributed by atoms with Crippen LogP contribution >= 0.6 is 0 Å². The van der Waals surface area contributed by atoms with Crippen molar-refractivity contribution in [3.63, 3.8) is 0 Å². The van der Waals surface area contributed by atoms with Gasteiger partial charge in [-0.2, -0.15) is 0 Å². The predicted octanol–water partition coefficient (Wildman–Crippen LogP) is 3.67. The largest absolute Gasteiger partial charge is 0.324 e. The summed E-state index contributed by atoms with van der Waals surface area (Å²) in [6.07, 6.45) is 3.45. The second-order valence-electron chi connectivity index (χ2n) is 5.18. The van der Waals surface area contributed by atoms with Gasteiger partial charge in [0, 0.05) is 5.69 Å². The third-order valence-electron chi connectivity index (χ3n) is 3.48. The molecule has 1 amide bonds. The first-order valence-electron chi connectivity index (χ1n) is 7.41. The molecule has 21 heavy (non-hydrogen) atoms. The molecule has 0 radical (unpaired) electrons. The average Bonchev–Trinajstić information content (AvgIpc) is 2.54. The molecule has 2 aromatic carbocycles. The molecule has 2 rings (SSSR count). The molecule has 0 spiro atoms. The van der Waals surface area contributed by atoms with E-state index in [9.17, 15) is 4.79 Å². The van der Waals surface area contributed by atoms with Gasteiger partial charge < -0.3 is 11.1 Å². The number of unbranched alkanes of at least 4 members (excludes halogenated alkanes) is 1. The lowest BCUT2D eigenvalue weighted by Crippen LogP contribution is -2.27. The summed E-state index contributed by atoms with van der Waals surface area (Å²) in [5.41, 5.74) is 8.86. The van der Waals surface area contributed by atoms with E-state index in [4.69, 9.17) is 5.73 Å². The number of benzene rings is 2. The standard InChI is InChI=1S/C18H22N2O/c1-2-3-7-14-10-12-16(13-11-14)20-18(21)17(19)15-8-5-4-6-9-15/h4-6,8-13,17H,2-3,7,19H2,1H3,(H,20,21). The minimum atomic E-state index is -0.647. The second-order valence-corrected chi connectivity index (χ2v) is 5.18. The van der Waals surface area contributed by atoms with Crippen molar-refractivity contribution in [2.24, 2.45) is 5.73 Å². The number of anilines is 1. The van der Waals surface area contributed by atoms with E-state index in [-0.39, 0.29) is 5.91 Å². The molecule has 0 saturated carbocycles. The molecule has 0 aromatic heterocycles. The zero-order chi connectivity index (χ0) is 15.1. The van der Waals surface area contributed by atoms with Crippen LogP contribution in [0.5, 0.6) is 0 Å². The van der Waals surface area contributed by atoms with Gasteiger partial charge >= 0.3 is 0 Å². The monoisotopic (exact) mass is 282 g/mol. The van der Waals surface area contributed by atoms with E-state index < -0.39 is 6.04 Å². The molecule has 0 fully saturated rings. The molecular weight excluding hydrogens is 260 g/mol. The zero-order valence-electron chi connectivity index (χ0n) is 12.4. The van der Waals surface area contributed by atoms with Crippen molar-refractivity contribution in [3.8, 4) is 0 Å². The summed E-state index contributed by atoms with van der Waals surface area (Å²) in [6, 6.07) is 16.7. The van der Waals surface area contributed by atoms with Gasteiger partial charge in [-0.05, 0) is 36.1 Å². The summed E-state index contributed by atoms with van der Waals surface area (Å²) >= 11 is 0. The van der Waals surface area contributed by atoms with Crippen LogP contribution in [-0.2, 0) is 11.2 Å². The Labute approximate surface area is 126 Å². The maximum atomic E-state index is 12.1. The van der Waals surface area contributed by atoms with E-state index >= 15 is 0 Å². The number of aryl methyl sites for hydroxylation is 1. The molecular formula is C18H22N2O. The third-order valence-corrected chi connectivity index (χ3v) is 3.48. The van der Waals surface area contributed by atoms with E-state index in [0.29, 0.717) is 0 Å². The normalized spacial score (nSPS) is 11.9. The summed E-state index contributed by atoms with van der Waals surface area (Å²) < 4.78 is 0. The molecule has 0 aliphatic carbocycles. The van der Waals surface area contributed by atoms with Gasteiger partial charge in [-0.1, -0.05) is 55.8 Å². The van der Waals surface area contributed by atoms with Crippen LogP contribution in [0.4, 0.5) is 5.69 Å². The minimum Gasteiger partial charge on any atom is -0.324 e. The number of hydrogen-bond acceptors (Lipinski definition) is 2. The smallest absolute Gasteiger partial charge is 0.245 e. The minimum absolute atomic E-state index is 0.192. The molecule has 0 aliphatic rings. The number of carbonyl (C=O) groups is 1. The highest BCUT2D eigenvalue weighted by Crippen LogP contribution is 2.15. The molecule has 3 heteroatoms. The molecule has 0 bridgehead atoms. The van der Waals surface area contributed by atoms with E-state index in [1.165, 1.54) is 18.4 Å². The van der Waals surface area contributed by atoms with Gasteiger partial charge in [-0.25, -0.2) is 0 Å². The highest BCUT2D eigenvalue weighted by atomic mass is 16.2. The Kier molecular flexibility index (Phi) is 5.52. The van der Waals surface area contributed by atoms with Gasteiger partial charge in [0.15, 0.2) is 0 Å². The van der Waals surface area contributed by atoms with Crippen molar-refractivity contribution in [2.75, 3.05) is 5.32 Å². The number of hydrogen-bond donors (Lipinski definition) is 2. The van der Waals surface area contributed by atoms with E-state index in [2.05, 4.69) is 24.4 Å². The fraction of sp³-hybridized carbons (Fsp3) is 0.278. The van der Waals surface area contributed by atoms with Gasteiger partial charge in [0.1, 0.15) is 6.04 Å². The lowest BCUT2D eigenvalue weighted by molar-refractivity contribution is -0.117. The van der Waals surface area contributed by atoms with E-state index in [1.54, 1.807) is 0 Å². The van der Waals surface area contributed by atoms with Crippen LogP contribution in [0.25, 0.3) is 0 Å². The highest BCUT2D eigenvalue weighted by Gasteiger charge is 2.15. The lowest BCUT2D eigenvalue weighted by atomic mass is 10.1.